The van der Waals surface area contributed by atoms with E-state index in [1.165, 1.54) is 0 Å². The van der Waals surface area contributed by atoms with Crippen LogP contribution < -0.4 is 15.8 Å². The smallest absolute Gasteiger partial charge is 0.254 e. The van der Waals surface area contributed by atoms with E-state index in [2.05, 4.69) is 5.32 Å². The van der Waals surface area contributed by atoms with Crippen LogP contribution in [-0.4, -0.2) is 66.3 Å². The predicted molar refractivity (Wildman–Crippen MR) is 135 cm³/mol. The quantitative estimate of drug-likeness (QED) is 0.573. The third-order valence-corrected chi connectivity index (χ3v) is 6.29. The van der Waals surface area contributed by atoms with Gasteiger partial charge in [0.1, 0.15) is 11.8 Å². The van der Waals surface area contributed by atoms with E-state index >= 15 is 0 Å². The minimum atomic E-state index is -0.687. The average Bonchev–Trinajstić information content (AvgIpc) is 3.30. The molecule has 1 heterocycles. The predicted octanol–water partition coefficient (Wildman–Crippen LogP) is 2.35. The second-order valence-electron chi connectivity index (χ2n) is 9.28. The van der Waals surface area contributed by atoms with E-state index in [1.54, 1.807) is 29.0 Å². The van der Waals surface area contributed by atoms with Crippen LogP contribution in [0.4, 0.5) is 0 Å². The second kappa shape index (κ2) is 11.8. The van der Waals surface area contributed by atoms with Crippen molar-refractivity contribution in [3.8, 4) is 5.75 Å². The van der Waals surface area contributed by atoms with Crippen molar-refractivity contribution in [2.45, 2.75) is 45.8 Å². The fourth-order valence-corrected chi connectivity index (χ4v) is 4.37. The molecule has 1 saturated heterocycles. The van der Waals surface area contributed by atoms with Crippen molar-refractivity contribution in [2.24, 2.45) is 11.7 Å². The molecule has 8 nitrogen and oxygen atoms in total. The van der Waals surface area contributed by atoms with Gasteiger partial charge in [-0.15, -0.1) is 0 Å². The average molecular weight is 481 g/mol. The maximum absolute atomic E-state index is 13.5. The summed E-state index contributed by atoms with van der Waals surface area (Å²) in [5.41, 5.74) is 8.06. The van der Waals surface area contributed by atoms with Crippen molar-refractivity contribution in [1.82, 2.24) is 15.1 Å². The molecule has 35 heavy (non-hydrogen) atoms. The molecule has 1 aliphatic rings. The Kier molecular flexibility index (Phi) is 8.87. The maximum Gasteiger partial charge on any atom is 0.254 e. The van der Waals surface area contributed by atoms with Crippen LogP contribution >= 0.6 is 0 Å². The van der Waals surface area contributed by atoms with E-state index < -0.39 is 6.04 Å². The minimum Gasteiger partial charge on any atom is -0.497 e. The first kappa shape index (κ1) is 26.2. The van der Waals surface area contributed by atoms with Crippen LogP contribution in [0.15, 0.2) is 48.5 Å². The lowest BCUT2D eigenvalue weighted by atomic mass is 10.1. The van der Waals surface area contributed by atoms with Crippen LogP contribution in [0.2, 0.25) is 0 Å². The Hall–Kier alpha value is -3.39. The molecule has 1 aliphatic heterocycles. The molecule has 0 radical (unpaired) electrons. The van der Waals surface area contributed by atoms with Crippen LogP contribution in [-0.2, 0) is 16.1 Å². The molecule has 0 spiro atoms. The van der Waals surface area contributed by atoms with Crippen LogP contribution in [0.3, 0.4) is 0 Å². The molecule has 0 bridgehead atoms. The third kappa shape index (κ3) is 6.39. The van der Waals surface area contributed by atoms with Gasteiger partial charge >= 0.3 is 0 Å². The van der Waals surface area contributed by atoms with Crippen molar-refractivity contribution < 1.29 is 19.1 Å². The van der Waals surface area contributed by atoms with Crippen molar-refractivity contribution in [1.29, 1.82) is 0 Å². The molecule has 2 aromatic carbocycles. The zero-order valence-electron chi connectivity index (χ0n) is 21.0. The lowest BCUT2D eigenvalue weighted by Gasteiger charge is -2.31. The van der Waals surface area contributed by atoms with E-state index in [0.29, 0.717) is 37.4 Å². The number of rotatable bonds is 9. The van der Waals surface area contributed by atoms with Crippen molar-refractivity contribution >= 4 is 17.7 Å². The summed E-state index contributed by atoms with van der Waals surface area (Å²) >= 11 is 0. The number of benzene rings is 2. The van der Waals surface area contributed by atoms with Gasteiger partial charge in [-0.1, -0.05) is 43.7 Å². The van der Waals surface area contributed by atoms with Crippen LogP contribution in [0.1, 0.15) is 41.8 Å². The van der Waals surface area contributed by atoms with Gasteiger partial charge in [0.2, 0.25) is 11.8 Å². The molecule has 0 aliphatic carbocycles. The Morgan fingerprint density at radius 2 is 1.89 bits per heavy atom. The molecular formula is C27H36N4O4. The largest absolute Gasteiger partial charge is 0.497 e. The van der Waals surface area contributed by atoms with E-state index in [-0.39, 0.29) is 36.2 Å². The van der Waals surface area contributed by atoms with Gasteiger partial charge in [0.25, 0.3) is 5.91 Å². The molecular weight excluding hydrogens is 444 g/mol. The van der Waals surface area contributed by atoms with Crippen molar-refractivity contribution in [3.63, 3.8) is 0 Å². The van der Waals surface area contributed by atoms with Crippen molar-refractivity contribution in [3.05, 3.63) is 65.2 Å². The number of hydrogen-bond acceptors (Lipinski definition) is 5. The van der Waals surface area contributed by atoms with E-state index in [9.17, 15) is 14.4 Å². The summed E-state index contributed by atoms with van der Waals surface area (Å²) in [7, 11) is 1.60. The molecule has 2 unspecified atom stereocenters. The van der Waals surface area contributed by atoms with Crippen LogP contribution in [0, 0.1) is 12.8 Å². The summed E-state index contributed by atoms with van der Waals surface area (Å²) in [6, 6.07) is 13.9. The number of likely N-dealkylation sites (tertiary alicyclic amines) is 1. The van der Waals surface area contributed by atoms with Gasteiger partial charge in [-0.2, -0.15) is 0 Å². The van der Waals surface area contributed by atoms with Crippen LogP contribution in [0.25, 0.3) is 0 Å². The molecule has 3 rings (SSSR count). The number of ether oxygens (including phenoxy) is 1. The molecule has 0 aromatic heterocycles. The van der Waals surface area contributed by atoms with Gasteiger partial charge in [-0.05, 0) is 43.2 Å². The number of nitrogens with zero attached hydrogens (tertiary/aromatic N) is 2. The van der Waals surface area contributed by atoms with Gasteiger partial charge in [0, 0.05) is 37.7 Å². The van der Waals surface area contributed by atoms with Gasteiger partial charge in [0.05, 0.1) is 13.2 Å². The second-order valence-corrected chi connectivity index (χ2v) is 9.28. The van der Waals surface area contributed by atoms with E-state index in [4.69, 9.17) is 10.5 Å². The monoisotopic (exact) mass is 480 g/mol. The summed E-state index contributed by atoms with van der Waals surface area (Å²) in [5.74, 6) is -0.0212. The summed E-state index contributed by atoms with van der Waals surface area (Å²) in [5, 5.41) is 2.82. The highest BCUT2D eigenvalue weighted by atomic mass is 16.5. The lowest BCUT2D eigenvalue weighted by Crippen LogP contribution is -2.47. The zero-order valence-corrected chi connectivity index (χ0v) is 21.0. The third-order valence-electron chi connectivity index (χ3n) is 6.29. The van der Waals surface area contributed by atoms with Crippen LogP contribution in [0.5, 0.6) is 5.75 Å². The zero-order chi connectivity index (χ0) is 25.5. The summed E-state index contributed by atoms with van der Waals surface area (Å²) in [6.07, 6.45) is 0.358. The number of carbonyl (C=O) groups excluding carboxylic acids is 3. The topological polar surface area (TPSA) is 105 Å². The summed E-state index contributed by atoms with van der Waals surface area (Å²) < 4.78 is 5.34. The standard InChI is InChI=1S/C27H36N4O4/c1-18(2)26(33)30(16-20-6-5-7-23(14-20)35-4)22-15-24(25(32)29-13-12-28)31(17-22)27(34)21-10-8-19(3)9-11-21/h5-11,14,18,22,24H,12-13,15-17,28H2,1-4H3,(H,29,32). The molecule has 3 amide bonds. The Labute approximate surface area is 207 Å². The maximum atomic E-state index is 13.5. The van der Waals surface area contributed by atoms with Crippen molar-refractivity contribution in [2.75, 3.05) is 26.7 Å². The SMILES string of the molecule is COc1cccc(CN(C(=O)C(C)C)C2CC(C(=O)NCCN)N(C(=O)c3ccc(C)cc3)C2)c1. The summed E-state index contributed by atoms with van der Waals surface area (Å²) in [4.78, 5) is 43.2. The fourth-order valence-electron chi connectivity index (χ4n) is 4.37. The highest BCUT2D eigenvalue weighted by Gasteiger charge is 2.43. The van der Waals surface area contributed by atoms with E-state index in [0.717, 1.165) is 11.1 Å². The number of methoxy groups -OCH3 is 1. The molecule has 3 N–H and O–H groups in total. The van der Waals surface area contributed by atoms with Gasteiger partial charge in [-0.25, -0.2) is 0 Å². The first-order valence-corrected chi connectivity index (χ1v) is 12.0. The number of carbonyl (C=O) groups is 3. The molecule has 2 aromatic rings. The number of hydrogen-bond donors (Lipinski definition) is 2. The van der Waals surface area contributed by atoms with E-state index in [1.807, 2.05) is 57.2 Å². The Bertz CT molecular complexity index is 1040. The number of amides is 3. The first-order valence-electron chi connectivity index (χ1n) is 12.0. The lowest BCUT2D eigenvalue weighted by molar-refractivity contribution is -0.137. The number of nitrogens with two attached hydrogens (primary N) is 1. The molecule has 2 atom stereocenters. The Morgan fingerprint density at radius 1 is 1.17 bits per heavy atom. The van der Waals surface area contributed by atoms with Gasteiger partial charge < -0.3 is 25.6 Å². The normalized spacial score (nSPS) is 17.4. The summed E-state index contributed by atoms with van der Waals surface area (Å²) in [6.45, 7) is 6.94. The molecule has 8 heteroatoms. The minimum absolute atomic E-state index is 0.0245. The molecule has 188 valence electrons. The van der Waals surface area contributed by atoms with Gasteiger partial charge in [0.15, 0.2) is 0 Å². The Morgan fingerprint density at radius 3 is 2.51 bits per heavy atom. The highest BCUT2D eigenvalue weighted by Crippen LogP contribution is 2.28. The fraction of sp³-hybridized carbons (Fsp3) is 0.444. The number of nitrogens with one attached hydrogen (secondary N) is 1. The highest BCUT2D eigenvalue weighted by molar-refractivity contribution is 5.98. The Balaban J connectivity index is 1.91. The number of aryl methyl sites for hydroxylation is 1. The van der Waals surface area contributed by atoms with Gasteiger partial charge in [-0.3, -0.25) is 14.4 Å². The first-order chi connectivity index (χ1) is 16.7. The molecule has 1 fully saturated rings. The molecule has 0 saturated carbocycles.